The van der Waals surface area contributed by atoms with E-state index in [1.54, 1.807) is 0 Å². The number of benzene rings is 2. The standard InChI is InChI=1S/C15H21NO.C13H17NO/c1-2-12-3-5-14(6-4-12)17-15-11-16-9-7-13(15)8-10-16;1-2-4-12(5-3-1)15-13-10-14-8-6-11(13)7-9-14/h3-6,13,15H,2,7-11H2,1H3;1-5,11,13H,6-10H2/t;13-/m.0/s1. The van der Waals surface area contributed by atoms with Crippen LogP contribution in [0.15, 0.2) is 54.6 Å². The molecule has 0 aromatic heterocycles. The Bertz CT molecular complexity index is 824. The summed E-state index contributed by atoms with van der Waals surface area (Å²) in [6.07, 6.45) is 7.21. The second-order valence-corrected chi connectivity index (χ2v) is 9.90. The van der Waals surface area contributed by atoms with Crippen molar-refractivity contribution in [3.63, 3.8) is 0 Å². The summed E-state index contributed by atoms with van der Waals surface area (Å²) >= 11 is 0. The zero-order valence-corrected chi connectivity index (χ0v) is 19.5. The predicted molar refractivity (Wildman–Crippen MR) is 129 cm³/mol. The van der Waals surface area contributed by atoms with E-state index in [2.05, 4.69) is 53.1 Å². The maximum Gasteiger partial charge on any atom is 0.119 e. The SMILES string of the molecule is CCc1ccc(OC2CN3CCC2CC3)cc1.c1ccc(O[C@H]2CN3CCC2CC3)cc1. The van der Waals surface area contributed by atoms with Gasteiger partial charge in [0.2, 0.25) is 0 Å². The molecule has 4 bridgehead atoms. The highest BCUT2D eigenvalue weighted by atomic mass is 16.5. The van der Waals surface area contributed by atoms with Crippen LogP contribution in [0.5, 0.6) is 11.5 Å². The lowest BCUT2D eigenvalue weighted by atomic mass is 9.86. The van der Waals surface area contributed by atoms with E-state index < -0.39 is 0 Å². The summed E-state index contributed by atoms with van der Waals surface area (Å²) < 4.78 is 12.2. The zero-order chi connectivity index (χ0) is 21.8. The molecular weight excluding hydrogens is 396 g/mol. The summed E-state index contributed by atoms with van der Waals surface area (Å²) in [7, 11) is 0. The highest BCUT2D eigenvalue weighted by molar-refractivity contribution is 5.27. The van der Waals surface area contributed by atoms with Gasteiger partial charge in [0.15, 0.2) is 0 Å². The van der Waals surface area contributed by atoms with E-state index in [0.29, 0.717) is 12.2 Å². The first-order valence-corrected chi connectivity index (χ1v) is 12.7. The minimum absolute atomic E-state index is 0.421. The van der Waals surface area contributed by atoms with E-state index in [1.165, 1.54) is 57.4 Å². The summed E-state index contributed by atoms with van der Waals surface area (Å²) in [5, 5.41) is 0. The lowest BCUT2D eigenvalue weighted by Gasteiger charge is -2.44. The quantitative estimate of drug-likeness (QED) is 0.670. The molecule has 6 aliphatic rings. The van der Waals surface area contributed by atoms with E-state index in [0.717, 1.165) is 42.8 Å². The molecule has 2 atom stereocenters. The van der Waals surface area contributed by atoms with E-state index in [-0.39, 0.29) is 0 Å². The van der Waals surface area contributed by atoms with Gasteiger partial charge in [0, 0.05) is 13.1 Å². The van der Waals surface area contributed by atoms with Crippen LogP contribution in [0.4, 0.5) is 0 Å². The van der Waals surface area contributed by atoms with Gasteiger partial charge in [-0.3, -0.25) is 9.80 Å². The van der Waals surface area contributed by atoms with E-state index in [4.69, 9.17) is 9.47 Å². The van der Waals surface area contributed by atoms with Gasteiger partial charge in [-0.15, -0.1) is 0 Å². The molecule has 0 N–H and O–H groups in total. The molecule has 0 saturated carbocycles. The number of ether oxygens (including phenoxy) is 2. The van der Waals surface area contributed by atoms with Crippen molar-refractivity contribution >= 4 is 0 Å². The topological polar surface area (TPSA) is 24.9 Å². The number of rotatable bonds is 5. The van der Waals surface area contributed by atoms with Crippen molar-refractivity contribution < 1.29 is 9.47 Å². The average Bonchev–Trinajstić information content (AvgIpc) is 2.87. The third-order valence-electron chi connectivity index (χ3n) is 7.84. The highest BCUT2D eigenvalue weighted by Crippen LogP contribution is 2.31. The van der Waals surface area contributed by atoms with Gasteiger partial charge in [0.25, 0.3) is 0 Å². The number of nitrogens with zero attached hydrogens (tertiary/aromatic N) is 2. The molecular formula is C28H38N2O2. The van der Waals surface area contributed by atoms with Gasteiger partial charge >= 0.3 is 0 Å². The smallest absolute Gasteiger partial charge is 0.119 e. The van der Waals surface area contributed by atoms with Crippen LogP contribution in [-0.2, 0) is 6.42 Å². The van der Waals surface area contributed by atoms with Gasteiger partial charge in [-0.2, -0.15) is 0 Å². The van der Waals surface area contributed by atoms with Crippen LogP contribution in [0, 0.1) is 11.8 Å². The molecule has 6 heterocycles. The maximum absolute atomic E-state index is 6.15. The summed E-state index contributed by atoms with van der Waals surface area (Å²) in [6, 6.07) is 18.8. The molecule has 2 aromatic carbocycles. The Morgan fingerprint density at radius 2 is 1.12 bits per heavy atom. The molecule has 32 heavy (non-hydrogen) atoms. The Kier molecular flexibility index (Phi) is 6.99. The Labute approximate surface area is 193 Å². The monoisotopic (exact) mass is 434 g/mol. The van der Waals surface area contributed by atoms with Crippen molar-refractivity contribution in [1.29, 1.82) is 0 Å². The van der Waals surface area contributed by atoms with Crippen molar-refractivity contribution in [1.82, 2.24) is 9.80 Å². The van der Waals surface area contributed by atoms with Crippen molar-refractivity contribution in [2.24, 2.45) is 11.8 Å². The third-order valence-corrected chi connectivity index (χ3v) is 7.84. The molecule has 172 valence electrons. The molecule has 6 saturated heterocycles. The Morgan fingerprint density at radius 3 is 1.53 bits per heavy atom. The first-order chi connectivity index (χ1) is 15.8. The second kappa shape index (κ2) is 10.3. The second-order valence-electron chi connectivity index (χ2n) is 9.90. The van der Waals surface area contributed by atoms with Crippen LogP contribution in [0.2, 0.25) is 0 Å². The van der Waals surface area contributed by atoms with Crippen LogP contribution in [0.25, 0.3) is 0 Å². The molecule has 1 unspecified atom stereocenters. The zero-order valence-electron chi connectivity index (χ0n) is 19.5. The molecule has 6 aliphatic heterocycles. The van der Waals surface area contributed by atoms with E-state index in [9.17, 15) is 0 Å². The third kappa shape index (κ3) is 5.29. The predicted octanol–water partition coefficient (Wildman–Crippen LogP) is 4.88. The van der Waals surface area contributed by atoms with Gasteiger partial charge in [-0.1, -0.05) is 37.3 Å². The lowest BCUT2D eigenvalue weighted by molar-refractivity contribution is -0.00780. The molecule has 4 nitrogen and oxygen atoms in total. The Balaban J connectivity index is 0.000000136. The lowest BCUT2D eigenvalue weighted by Crippen LogP contribution is -2.52. The first kappa shape index (κ1) is 21.8. The molecule has 0 amide bonds. The fourth-order valence-electron chi connectivity index (χ4n) is 5.74. The van der Waals surface area contributed by atoms with Gasteiger partial charge < -0.3 is 9.47 Å². The molecule has 2 aromatic rings. The molecule has 0 aliphatic carbocycles. The number of aryl methyl sites for hydroxylation is 1. The van der Waals surface area contributed by atoms with Gasteiger partial charge in [-0.05, 0) is 99.9 Å². The van der Waals surface area contributed by atoms with E-state index in [1.807, 2.05) is 18.2 Å². The van der Waals surface area contributed by atoms with Crippen molar-refractivity contribution in [2.45, 2.75) is 51.2 Å². The van der Waals surface area contributed by atoms with Gasteiger partial charge in [-0.25, -0.2) is 0 Å². The number of hydrogen-bond acceptors (Lipinski definition) is 4. The summed E-state index contributed by atoms with van der Waals surface area (Å²) in [4.78, 5) is 5.05. The van der Waals surface area contributed by atoms with Crippen LogP contribution in [-0.4, -0.2) is 61.3 Å². The van der Waals surface area contributed by atoms with Crippen molar-refractivity contribution in [2.75, 3.05) is 39.3 Å². The number of piperidine rings is 6. The van der Waals surface area contributed by atoms with Crippen LogP contribution in [0.3, 0.4) is 0 Å². The molecule has 6 fully saturated rings. The van der Waals surface area contributed by atoms with Gasteiger partial charge in [0.05, 0.1) is 0 Å². The van der Waals surface area contributed by atoms with Crippen molar-refractivity contribution in [3.05, 3.63) is 60.2 Å². The fourth-order valence-corrected chi connectivity index (χ4v) is 5.74. The molecule has 4 heteroatoms. The minimum Gasteiger partial charge on any atom is -0.489 e. The largest absolute Gasteiger partial charge is 0.489 e. The average molecular weight is 435 g/mol. The summed E-state index contributed by atoms with van der Waals surface area (Å²) in [6.45, 7) is 9.54. The van der Waals surface area contributed by atoms with Crippen LogP contribution < -0.4 is 9.47 Å². The minimum atomic E-state index is 0.421. The Hall–Kier alpha value is -2.04. The summed E-state index contributed by atoms with van der Waals surface area (Å²) in [5.41, 5.74) is 1.38. The maximum atomic E-state index is 6.15. The number of para-hydroxylation sites is 1. The first-order valence-electron chi connectivity index (χ1n) is 12.7. The fraction of sp³-hybridized carbons (Fsp3) is 0.571. The van der Waals surface area contributed by atoms with Crippen LogP contribution in [0.1, 0.15) is 38.2 Å². The van der Waals surface area contributed by atoms with Crippen LogP contribution >= 0.6 is 0 Å². The van der Waals surface area contributed by atoms with Gasteiger partial charge in [0.1, 0.15) is 23.7 Å². The number of hydrogen-bond donors (Lipinski definition) is 0. The highest BCUT2D eigenvalue weighted by Gasteiger charge is 2.36. The normalized spacial score (nSPS) is 32.7. The Morgan fingerprint density at radius 1 is 0.656 bits per heavy atom. The number of fused-ring (bicyclic) bond motifs is 6. The molecule has 0 spiro atoms. The molecule has 0 radical (unpaired) electrons. The molecule has 8 rings (SSSR count). The van der Waals surface area contributed by atoms with Crippen molar-refractivity contribution in [3.8, 4) is 11.5 Å². The summed E-state index contributed by atoms with van der Waals surface area (Å²) in [5.74, 6) is 3.64. The van der Waals surface area contributed by atoms with E-state index >= 15 is 0 Å².